The van der Waals surface area contributed by atoms with Crippen LogP contribution in [-0.2, 0) is 16.0 Å². The molecule has 4 rings (SSSR count). The molecule has 0 radical (unpaired) electrons. The van der Waals surface area contributed by atoms with E-state index in [1.807, 2.05) is 0 Å². The number of carbonyl (C=O) groups excluding carboxylic acids is 2. The summed E-state index contributed by atoms with van der Waals surface area (Å²) >= 11 is 0. The average molecular weight is 352 g/mol. The van der Waals surface area contributed by atoms with Crippen molar-refractivity contribution in [3.05, 3.63) is 53.8 Å². The molecule has 1 aromatic heterocycles. The maximum absolute atomic E-state index is 13.3. The Bertz CT molecular complexity index is 1070. The van der Waals surface area contributed by atoms with E-state index in [-0.39, 0.29) is 30.4 Å². The Labute approximate surface area is 146 Å². The summed E-state index contributed by atoms with van der Waals surface area (Å²) in [4.78, 5) is 28.2. The molecule has 0 unspecified atom stereocenters. The van der Waals surface area contributed by atoms with E-state index in [9.17, 15) is 19.1 Å². The standard InChI is InChI=1S/C18H13FN4O3/c19-11-5-6-14-10(7-11)8-16(25)23(14)9-15(24)21-22-17-12-3-1-2-4-13(12)20-18(17)26/h1-7,20,26H,8-9H2. The molecular formula is C18H13FN4O3. The van der Waals surface area contributed by atoms with Crippen LogP contribution in [0.5, 0.6) is 5.88 Å². The van der Waals surface area contributed by atoms with Crippen molar-refractivity contribution in [1.82, 2.24) is 4.98 Å². The molecule has 2 N–H and O–H groups in total. The molecule has 8 heteroatoms. The van der Waals surface area contributed by atoms with Crippen molar-refractivity contribution in [3.8, 4) is 5.88 Å². The summed E-state index contributed by atoms with van der Waals surface area (Å²) in [6, 6.07) is 11.0. The fourth-order valence-electron chi connectivity index (χ4n) is 3.01. The van der Waals surface area contributed by atoms with Gasteiger partial charge >= 0.3 is 0 Å². The van der Waals surface area contributed by atoms with Crippen LogP contribution < -0.4 is 4.90 Å². The second-order valence-corrected chi connectivity index (χ2v) is 5.89. The van der Waals surface area contributed by atoms with E-state index in [4.69, 9.17) is 0 Å². The number of fused-ring (bicyclic) bond motifs is 2. The highest BCUT2D eigenvalue weighted by Crippen LogP contribution is 2.35. The van der Waals surface area contributed by atoms with Crippen LogP contribution in [0.4, 0.5) is 15.8 Å². The molecule has 1 aliphatic heterocycles. The number of hydrogen-bond acceptors (Lipinski definition) is 4. The first kappa shape index (κ1) is 15.9. The molecule has 0 fully saturated rings. The first-order valence-corrected chi connectivity index (χ1v) is 7.86. The van der Waals surface area contributed by atoms with E-state index >= 15 is 0 Å². The molecule has 0 spiro atoms. The molecule has 130 valence electrons. The maximum atomic E-state index is 13.3. The lowest BCUT2D eigenvalue weighted by Crippen LogP contribution is -2.31. The summed E-state index contributed by atoms with van der Waals surface area (Å²) in [5, 5.41) is 18.0. The van der Waals surface area contributed by atoms with Gasteiger partial charge in [0.15, 0.2) is 5.69 Å². The lowest BCUT2D eigenvalue weighted by Gasteiger charge is -2.14. The smallest absolute Gasteiger partial charge is 0.284 e. The number of aromatic amines is 1. The minimum atomic E-state index is -0.653. The molecule has 7 nitrogen and oxygen atoms in total. The fraction of sp³-hybridized carbons (Fsp3) is 0.111. The molecular weight excluding hydrogens is 339 g/mol. The number of anilines is 1. The van der Waals surface area contributed by atoms with Gasteiger partial charge in [-0.15, -0.1) is 10.2 Å². The van der Waals surface area contributed by atoms with Gasteiger partial charge in [-0.25, -0.2) is 4.39 Å². The number of aromatic hydroxyl groups is 1. The number of halogens is 1. The molecule has 3 aromatic rings. The largest absolute Gasteiger partial charge is 0.493 e. The molecule has 0 saturated heterocycles. The van der Waals surface area contributed by atoms with Crippen molar-refractivity contribution in [2.75, 3.05) is 11.4 Å². The van der Waals surface area contributed by atoms with Crippen molar-refractivity contribution in [3.63, 3.8) is 0 Å². The number of amides is 2. The van der Waals surface area contributed by atoms with E-state index in [1.165, 1.54) is 23.1 Å². The highest BCUT2D eigenvalue weighted by molar-refractivity contribution is 6.05. The molecule has 2 amide bonds. The quantitative estimate of drug-likeness (QED) is 0.708. The van der Waals surface area contributed by atoms with Crippen molar-refractivity contribution < 1.29 is 19.1 Å². The van der Waals surface area contributed by atoms with Gasteiger partial charge in [0.2, 0.25) is 11.8 Å². The van der Waals surface area contributed by atoms with Crippen LogP contribution in [-0.4, -0.2) is 28.4 Å². The summed E-state index contributed by atoms with van der Waals surface area (Å²) in [6.45, 7) is -0.302. The lowest BCUT2D eigenvalue weighted by atomic mass is 10.1. The first-order valence-electron chi connectivity index (χ1n) is 7.86. The Kier molecular flexibility index (Phi) is 3.72. The van der Waals surface area contributed by atoms with Gasteiger partial charge in [-0.3, -0.25) is 9.59 Å². The normalized spacial score (nSPS) is 13.7. The molecule has 0 aliphatic carbocycles. The predicted octanol–water partition coefficient (Wildman–Crippen LogP) is 3.21. The van der Waals surface area contributed by atoms with Crippen molar-refractivity contribution in [1.29, 1.82) is 0 Å². The van der Waals surface area contributed by atoms with Crippen molar-refractivity contribution >= 4 is 34.1 Å². The molecule has 0 bridgehead atoms. The number of benzene rings is 2. The average Bonchev–Trinajstić information content (AvgIpc) is 3.08. The third-order valence-corrected chi connectivity index (χ3v) is 4.19. The predicted molar refractivity (Wildman–Crippen MR) is 91.9 cm³/mol. The Balaban J connectivity index is 1.55. The Morgan fingerprint density at radius 2 is 2.08 bits per heavy atom. The molecule has 2 heterocycles. The van der Waals surface area contributed by atoms with Crippen LogP contribution >= 0.6 is 0 Å². The monoisotopic (exact) mass is 352 g/mol. The van der Waals surface area contributed by atoms with E-state index in [1.54, 1.807) is 24.3 Å². The van der Waals surface area contributed by atoms with Crippen molar-refractivity contribution in [2.24, 2.45) is 10.2 Å². The number of rotatable bonds is 3. The fourth-order valence-corrected chi connectivity index (χ4v) is 3.01. The number of nitrogens with one attached hydrogen (secondary N) is 1. The summed E-state index contributed by atoms with van der Waals surface area (Å²) in [6.07, 6.45) is 0.0424. The van der Waals surface area contributed by atoms with Crippen LogP contribution in [0.3, 0.4) is 0 Å². The molecule has 1 aliphatic rings. The van der Waals surface area contributed by atoms with Gasteiger partial charge in [0.05, 0.1) is 11.9 Å². The zero-order chi connectivity index (χ0) is 18.3. The van der Waals surface area contributed by atoms with Crippen LogP contribution in [0, 0.1) is 5.82 Å². The third kappa shape index (κ3) is 2.71. The lowest BCUT2D eigenvalue weighted by molar-refractivity contribution is -0.121. The number of nitrogens with zero attached hydrogens (tertiary/aromatic N) is 3. The van der Waals surface area contributed by atoms with E-state index in [0.29, 0.717) is 22.2 Å². The van der Waals surface area contributed by atoms with Gasteiger partial charge < -0.3 is 15.0 Å². The Hall–Kier alpha value is -3.55. The Morgan fingerprint density at radius 1 is 1.27 bits per heavy atom. The summed E-state index contributed by atoms with van der Waals surface area (Å²) < 4.78 is 13.3. The molecule has 26 heavy (non-hydrogen) atoms. The minimum Gasteiger partial charge on any atom is -0.493 e. The number of aromatic nitrogens is 1. The summed E-state index contributed by atoms with van der Waals surface area (Å²) in [5.74, 6) is -1.58. The number of azo groups is 1. The van der Waals surface area contributed by atoms with Gasteiger partial charge in [-0.2, -0.15) is 0 Å². The van der Waals surface area contributed by atoms with Gasteiger partial charge in [-0.1, -0.05) is 18.2 Å². The number of hydrogen-bond donors (Lipinski definition) is 2. The van der Waals surface area contributed by atoms with Gasteiger partial charge in [0, 0.05) is 11.1 Å². The summed E-state index contributed by atoms with van der Waals surface area (Å²) in [5.41, 5.74) is 1.85. The van der Waals surface area contributed by atoms with Crippen molar-refractivity contribution in [2.45, 2.75) is 6.42 Å². The van der Waals surface area contributed by atoms with Gasteiger partial charge in [-0.05, 0) is 29.8 Å². The van der Waals surface area contributed by atoms with Crippen LogP contribution in [0.2, 0.25) is 0 Å². The molecule has 0 atom stereocenters. The summed E-state index contributed by atoms with van der Waals surface area (Å²) in [7, 11) is 0. The Morgan fingerprint density at radius 3 is 2.92 bits per heavy atom. The molecule has 0 saturated carbocycles. The SMILES string of the molecule is O=C(CN1C(=O)Cc2cc(F)ccc21)N=Nc1c(O)[nH]c2ccccc12. The zero-order valence-corrected chi connectivity index (χ0v) is 13.4. The van der Waals surface area contributed by atoms with Gasteiger partial charge in [0.25, 0.3) is 5.91 Å². The van der Waals surface area contributed by atoms with Gasteiger partial charge in [0.1, 0.15) is 12.4 Å². The van der Waals surface area contributed by atoms with Crippen LogP contribution in [0.25, 0.3) is 10.9 Å². The highest BCUT2D eigenvalue weighted by atomic mass is 19.1. The van der Waals surface area contributed by atoms with Crippen LogP contribution in [0.15, 0.2) is 52.7 Å². The topological polar surface area (TPSA) is 98.1 Å². The van der Waals surface area contributed by atoms with E-state index in [0.717, 1.165) is 0 Å². The highest BCUT2D eigenvalue weighted by Gasteiger charge is 2.29. The number of H-pyrrole nitrogens is 1. The number of para-hydroxylation sites is 1. The third-order valence-electron chi connectivity index (χ3n) is 4.19. The zero-order valence-electron chi connectivity index (χ0n) is 13.4. The van der Waals surface area contributed by atoms with E-state index < -0.39 is 11.7 Å². The van der Waals surface area contributed by atoms with Crippen LogP contribution in [0.1, 0.15) is 5.56 Å². The maximum Gasteiger partial charge on any atom is 0.284 e. The minimum absolute atomic E-state index is 0.0424. The first-order chi connectivity index (χ1) is 12.5. The second kappa shape index (κ2) is 6.07. The number of carbonyl (C=O) groups is 2. The molecule has 2 aromatic carbocycles. The second-order valence-electron chi connectivity index (χ2n) is 5.89. The van der Waals surface area contributed by atoms with E-state index in [2.05, 4.69) is 15.2 Å².